The lowest BCUT2D eigenvalue weighted by Gasteiger charge is -2.27. The highest BCUT2D eigenvalue weighted by atomic mass is 19.1. The molecule has 0 bridgehead atoms. The summed E-state index contributed by atoms with van der Waals surface area (Å²) in [5.74, 6) is 0.0830. The van der Waals surface area contributed by atoms with Crippen LogP contribution in [0.15, 0.2) is 30.6 Å². The molecule has 2 amide bonds. The monoisotopic (exact) mass is 315 g/mol. The molecule has 1 aliphatic heterocycles. The normalized spacial score (nSPS) is 17.0. The van der Waals surface area contributed by atoms with Crippen LogP contribution in [-0.2, 0) is 0 Å². The van der Waals surface area contributed by atoms with Crippen LogP contribution in [0.3, 0.4) is 0 Å². The van der Waals surface area contributed by atoms with E-state index >= 15 is 0 Å². The maximum absolute atomic E-state index is 13.2. The third-order valence-electron chi connectivity index (χ3n) is 3.74. The number of pyridine rings is 2. The highest BCUT2D eigenvalue weighted by molar-refractivity contribution is 6.03. The molecule has 0 saturated carbocycles. The number of rotatable bonds is 1. The van der Waals surface area contributed by atoms with Crippen LogP contribution < -0.4 is 15.5 Å². The minimum absolute atomic E-state index is 0.0421. The Morgan fingerprint density at radius 2 is 2.26 bits per heavy atom. The zero-order valence-electron chi connectivity index (χ0n) is 13.0. The van der Waals surface area contributed by atoms with E-state index in [1.165, 1.54) is 12.3 Å². The molecule has 0 fully saturated rings. The SMILES string of the molecule is Cc1ccc2c(n1)N(C(=O)Nc1cncc(F)c1)[C@H](C)CCN2. The van der Waals surface area contributed by atoms with Gasteiger partial charge in [-0.25, -0.2) is 14.2 Å². The zero-order valence-corrected chi connectivity index (χ0v) is 13.0. The van der Waals surface area contributed by atoms with Crippen molar-refractivity contribution < 1.29 is 9.18 Å². The Labute approximate surface area is 133 Å². The first-order valence-electron chi connectivity index (χ1n) is 7.47. The molecule has 2 aromatic rings. The van der Waals surface area contributed by atoms with Crippen molar-refractivity contribution in [3.05, 3.63) is 42.1 Å². The molecule has 3 heterocycles. The van der Waals surface area contributed by atoms with Gasteiger partial charge in [-0.3, -0.25) is 9.88 Å². The molecule has 3 rings (SSSR count). The zero-order chi connectivity index (χ0) is 16.4. The summed E-state index contributed by atoms with van der Waals surface area (Å²) in [7, 11) is 0. The fourth-order valence-corrected chi connectivity index (χ4v) is 2.58. The Morgan fingerprint density at radius 1 is 1.43 bits per heavy atom. The first-order chi connectivity index (χ1) is 11.0. The van der Waals surface area contributed by atoms with Crippen molar-refractivity contribution in [3.63, 3.8) is 0 Å². The molecular weight excluding hydrogens is 297 g/mol. The van der Waals surface area contributed by atoms with Gasteiger partial charge in [0.25, 0.3) is 0 Å². The van der Waals surface area contributed by atoms with E-state index in [0.717, 1.165) is 30.5 Å². The van der Waals surface area contributed by atoms with E-state index in [1.54, 1.807) is 4.90 Å². The molecule has 7 heteroatoms. The second-order valence-corrected chi connectivity index (χ2v) is 5.58. The molecule has 120 valence electrons. The summed E-state index contributed by atoms with van der Waals surface area (Å²) in [5, 5.41) is 5.97. The van der Waals surface area contributed by atoms with E-state index in [2.05, 4.69) is 20.6 Å². The molecule has 6 nitrogen and oxygen atoms in total. The van der Waals surface area contributed by atoms with E-state index < -0.39 is 5.82 Å². The van der Waals surface area contributed by atoms with E-state index in [9.17, 15) is 9.18 Å². The highest BCUT2D eigenvalue weighted by Crippen LogP contribution is 2.30. The van der Waals surface area contributed by atoms with Gasteiger partial charge in [0.1, 0.15) is 5.82 Å². The van der Waals surface area contributed by atoms with Gasteiger partial charge in [-0.05, 0) is 32.4 Å². The Morgan fingerprint density at radius 3 is 3.04 bits per heavy atom. The third kappa shape index (κ3) is 3.23. The van der Waals surface area contributed by atoms with Crippen molar-refractivity contribution in [2.24, 2.45) is 0 Å². The molecule has 0 saturated heterocycles. The Balaban J connectivity index is 1.93. The lowest BCUT2D eigenvalue weighted by molar-refractivity contribution is 0.255. The molecule has 2 aromatic heterocycles. The number of carbonyl (C=O) groups excluding carboxylic acids is 1. The lowest BCUT2D eigenvalue weighted by Crippen LogP contribution is -2.42. The standard InChI is InChI=1S/C16H18FN5O/c1-10-3-4-14-15(20-10)22(11(2)5-6-19-14)16(23)21-13-7-12(17)8-18-9-13/h3-4,7-9,11,19H,5-6H2,1-2H3,(H,21,23)/t11-/m1/s1. The molecule has 1 atom stereocenters. The van der Waals surface area contributed by atoms with Gasteiger partial charge in [0.2, 0.25) is 0 Å². The van der Waals surface area contributed by atoms with Crippen LogP contribution in [0.25, 0.3) is 0 Å². The maximum atomic E-state index is 13.2. The molecule has 0 radical (unpaired) electrons. The van der Waals surface area contributed by atoms with Crippen LogP contribution in [0.4, 0.5) is 26.4 Å². The lowest BCUT2D eigenvalue weighted by atomic mass is 10.2. The Hall–Kier alpha value is -2.70. The number of aromatic nitrogens is 2. The van der Waals surface area contributed by atoms with E-state index in [0.29, 0.717) is 11.5 Å². The molecule has 23 heavy (non-hydrogen) atoms. The van der Waals surface area contributed by atoms with Gasteiger partial charge in [-0.2, -0.15) is 0 Å². The number of carbonyl (C=O) groups is 1. The first kappa shape index (κ1) is 15.2. The quantitative estimate of drug-likeness (QED) is 0.848. The second kappa shape index (κ2) is 6.20. The largest absolute Gasteiger partial charge is 0.382 e. The van der Waals surface area contributed by atoms with Crippen LogP contribution in [0, 0.1) is 12.7 Å². The summed E-state index contributed by atoms with van der Waals surface area (Å²) in [5.41, 5.74) is 1.95. The number of hydrogen-bond acceptors (Lipinski definition) is 4. The summed E-state index contributed by atoms with van der Waals surface area (Å²) >= 11 is 0. The average Bonchev–Trinajstić information content (AvgIpc) is 2.65. The maximum Gasteiger partial charge on any atom is 0.327 e. The van der Waals surface area contributed by atoms with Crippen LogP contribution in [0.1, 0.15) is 19.0 Å². The van der Waals surface area contributed by atoms with Crippen molar-refractivity contribution >= 4 is 23.2 Å². The molecular formula is C16H18FN5O. The van der Waals surface area contributed by atoms with Crippen molar-refractivity contribution in [1.82, 2.24) is 9.97 Å². The van der Waals surface area contributed by atoms with Crippen LogP contribution >= 0.6 is 0 Å². The van der Waals surface area contributed by atoms with Gasteiger partial charge < -0.3 is 10.6 Å². The Kier molecular flexibility index (Phi) is 4.10. The summed E-state index contributed by atoms with van der Waals surface area (Å²) in [6.45, 7) is 4.59. The fourth-order valence-electron chi connectivity index (χ4n) is 2.58. The molecule has 1 aliphatic rings. The summed E-state index contributed by atoms with van der Waals surface area (Å²) in [6, 6.07) is 4.65. The first-order valence-corrected chi connectivity index (χ1v) is 7.47. The number of nitrogens with zero attached hydrogens (tertiary/aromatic N) is 3. The van der Waals surface area contributed by atoms with Crippen molar-refractivity contribution in [2.75, 3.05) is 22.1 Å². The van der Waals surface area contributed by atoms with E-state index in [1.807, 2.05) is 26.0 Å². The average molecular weight is 315 g/mol. The van der Waals surface area contributed by atoms with Gasteiger partial charge >= 0.3 is 6.03 Å². The molecule has 0 aromatic carbocycles. The summed E-state index contributed by atoms with van der Waals surface area (Å²) in [4.78, 5) is 22.6. The number of anilines is 3. The summed E-state index contributed by atoms with van der Waals surface area (Å²) < 4.78 is 13.2. The van der Waals surface area contributed by atoms with Crippen molar-refractivity contribution in [3.8, 4) is 0 Å². The number of aryl methyl sites for hydroxylation is 1. The van der Waals surface area contributed by atoms with Crippen molar-refractivity contribution in [2.45, 2.75) is 26.3 Å². The highest BCUT2D eigenvalue weighted by Gasteiger charge is 2.28. The van der Waals surface area contributed by atoms with Crippen molar-refractivity contribution in [1.29, 1.82) is 0 Å². The van der Waals surface area contributed by atoms with Gasteiger partial charge in [0.05, 0.1) is 23.8 Å². The van der Waals surface area contributed by atoms with Gasteiger partial charge in [-0.1, -0.05) is 0 Å². The van der Waals surface area contributed by atoms with Gasteiger partial charge in [0, 0.05) is 24.3 Å². The number of nitrogens with one attached hydrogen (secondary N) is 2. The topological polar surface area (TPSA) is 70.2 Å². The van der Waals surface area contributed by atoms with E-state index in [-0.39, 0.29) is 12.1 Å². The number of hydrogen-bond donors (Lipinski definition) is 2. The number of urea groups is 1. The molecule has 0 spiro atoms. The van der Waals surface area contributed by atoms with Crippen LogP contribution in [0.2, 0.25) is 0 Å². The number of halogens is 1. The number of amides is 2. The fraction of sp³-hybridized carbons (Fsp3) is 0.312. The Bertz CT molecular complexity index is 736. The minimum Gasteiger partial charge on any atom is -0.382 e. The third-order valence-corrected chi connectivity index (χ3v) is 3.74. The van der Waals surface area contributed by atoms with E-state index in [4.69, 9.17) is 0 Å². The molecule has 0 aliphatic carbocycles. The molecule has 2 N–H and O–H groups in total. The predicted octanol–water partition coefficient (Wildman–Crippen LogP) is 3.17. The second-order valence-electron chi connectivity index (χ2n) is 5.58. The van der Waals surface area contributed by atoms with Gasteiger partial charge in [0.15, 0.2) is 5.82 Å². The summed E-state index contributed by atoms with van der Waals surface area (Å²) in [6.07, 6.45) is 3.28. The number of fused-ring (bicyclic) bond motifs is 1. The van der Waals surface area contributed by atoms with Crippen LogP contribution in [0.5, 0.6) is 0 Å². The smallest absolute Gasteiger partial charge is 0.327 e. The van der Waals surface area contributed by atoms with Crippen LogP contribution in [-0.4, -0.2) is 28.6 Å². The minimum atomic E-state index is -0.497. The van der Waals surface area contributed by atoms with Gasteiger partial charge in [-0.15, -0.1) is 0 Å². The predicted molar refractivity (Wildman–Crippen MR) is 87.2 cm³/mol. The molecule has 0 unspecified atom stereocenters.